The number of fused-ring (bicyclic) bond motifs is 5. The van der Waals surface area contributed by atoms with Crippen LogP contribution in [-0.4, -0.2) is 6.10 Å². The Labute approximate surface area is 166 Å². The quantitative estimate of drug-likeness (QED) is 0.559. The van der Waals surface area contributed by atoms with Crippen molar-refractivity contribution >= 4 is 0 Å². The third-order valence-electron chi connectivity index (χ3n) is 9.73. The molecule has 0 aromatic heterocycles. The third kappa shape index (κ3) is 3.09. The highest BCUT2D eigenvalue weighted by molar-refractivity contribution is 5.13. The summed E-state index contributed by atoms with van der Waals surface area (Å²) in [5.41, 5.74) is 2.61. The van der Waals surface area contributed by atoms with Gasteiger partial charge in [0.25, 0.3) is 0 Å². The highest BCUT2D eigenvalue weighted by Crippen LogP contribution is 2.66. The molecule has 1 heteroatoms. The molecule has 0 bridgehead atoms. The van der Waals surface area contributed by atoms with E-state index in [0.29, 0.717) is 16.9 Å². The largest absolute Gasteiger partial charge is 0.374 e. The van der Waals surface area contributed by atoms with Crippen molar-refractivity contribution in [2.75, 3.05) is 0 Å². The molecule has 0 heterocycles. The van der Waals surface area contributed by atoms with Gasteiger partial charge in [-0.3, -0.25) is 0 Å². The first-order valence-electron chi connectivity index (χ1n) is 11.7. The van der Waals surface area contributed by atoms with Crippen molar-refractivity contribution in [1.82, 2.24) is 0 Å². The van der Waals surface area contributed by atoms with Crippen molar-refractivity contribution in [3.05, 3.63) is 35.9 Å². The molecule has 4 aliphatic carbocycles. The minimum atomic E-state index is 0.486. The van der Waals surface area contributed by atoms with Crippen LogP contribution < -0.4 is 0 Å². The summed E-state index contributed by atoms with van der Waals surface area (Å²) in [5, 5.41) is 0. The van der Waals surface area contributed by atoms with Crippen molar-refractivity contribution in [3.8, 4) is 0 Å². The zero-order chi connectivity index (χ0) is 18.5. The number of benzene rings is 1. The van der Waals surface area contributed by atoms with Crippen molar-refractivity contribution in [3.63, 3.8) is 0 Å². The molecule has 0 saturated heterocycles. The Morgan fingerprint density at radius 1 is 0.889 bits per heavy atom. The summed E-state index contributed by atoms with van der Waals surface area (Å²) in [6.45, 7) is 6.10. The molecule has 0 amide bonds. The van der Waals surface area contributed by atoms with Gasteiger partial charge in [0.1, 0.15) is 0 Å². The molecule has 0 unspecified atom stereocenters. The predicted molar refractivity (Wildman–Crippen MR) is 111 cm³/mol. The molecular weight excluding hydrogens is 328 g/mol. The van der Waals surface area contributed by atoms with Crippen molar-refractivity contribution in [1.29, 1.82) is 0 Å². The van der Waals surface area contributed by atoms with E-state index in [2.05, 4.69) is 44.2 Å². The van der Waals surface area contributed by atoms with Crippen LogP contribution in [0.4, 0.5) is 0 Å². The van der Waals surface area contributed by atoms with Crippen LogP contribution in [0.3, 0.4) is 0 Å². The highest BCUT2D eigenvalue weighted by Gasteiger charge is 2.57. The van der Waals surface area contributed by atoms with E-state index in [0.717, 1.165) is 30.3 Å². The number of rotatable bonds is 3. The first kappa shape index (κ1) is 18.2. The van der Waals surface area contributed by atoms with E-state index in [4.69, 9.17) is 4.74 Å². The Kier molecular flexibility index (Phi) is 4.66. The number of hydrogen-bond acceptors (Lipinski definition) is 1. The Balaban J connectivity index is 1.25. The van der Waals surface area contributed by atoms with E-state index >= 15 is 0 Å². The summed E-state index contributed by atoms with van der Waals surface area (Å²) >= 11 is 0. The monoisotopic (exact) mass is 366 g/mol. The Hall–Kier alpha value is -0.820. The Morgan fingerprint density at radius 2 is 1.74 bits per heavy atom. The maximum Gasteiger partial charge on any atom is 0.0720 e. The standard InChI is InChI=1S/C26H38O/c1-25-14-6-9-23(25)22-11-10-20-17-21(27-18-19-7-4-3-5-8-19)12-16-26(20,2)24(22)13-15-25/h3-5,7-8,20-24H,6,9-18H2,1-2H3/t20-,21+,22-,23-,24-,25-,26-/m0/s1. The topological polar surface area (TPSA) is 9.23 Å². The van der Waals surface area contributed by atoms with Gasteiger partial charge in [-0.15, -0.1) is 0 Å². The molecule has 4 saturated carbocycles. The lowest BCUT2D eigenvalue weighted by Gasteiger charge is -2.60. The maximum absolute atomic E-state index is 6.38. The number of hydrogen-bond donors (Lipinski definition) is 0. The summed E-state index contributed by atoms with van der Waals surface area (Å²) < 4.78 is 6.38. The smallest absolute Gasteiger partial charge is 0.0720 e. The fraction of sp³-hybridized carbons (Fsp3) is 0.769. The van der Waals surface area contributed by atoms with Crippen LogP contribution in [0.5, 0.6) is 0 Å². The maximum atomic E-state index is 6.38. The summed E-state index contributed by atoms with van der Waals surface area (Å²) in [6, 6.07) is 10.7. The van der Waals surface area contributed by atoms with E-state index in [-0.39, 0.29) is 0 Å². The van der Waals surface area contributed by atoms with Gasteiger partial charge in [-0.25, -0.2) is 0 Å². The van der Waals surface area contributed by atoms with E-state index in [1.807, 2.05) is 0 Å². The lowest BCUT2D eigenvalue weighted by Crippen LogP contribution is -2.53. The average Bonchev–Trinajstić information content (AvgIpc) is 3.09. The molecule has 4 aliphatic rings. The van der Waals surface area contributed by atoms with Crippen LogP contribution >= 0.6 is 0 Å². The lowest BCUT2D eigenvalue weighted by molar-refractivity contribution is -0.131. The van der Waals surface area contributed by atoms with Gasteiger partial charge >= 0.3 is 0 Å². The fourth-order valence-corrected chi connectivity index (χ4v) is 8.15. The molecule has 0 N–H and O–H groups in total. The fourth-order valence-electron chi connectivity index (χ4n) is 8.15. The molecule has 7 atom stereocenters. The van der Waals surface area contributed by atoms with E-state index in [1.54, 1.807) is 0 Å². The molecule has 0 aliphatic heterocycles. The molecular formula is C26H38O. The SMILES string of the molecule is C[C@@]12CCC[C@H]1[C@@H]1CC[C@H]3C[C@H](OCc4ccccc4)CC[C@]3(C)[C@H]1CC2. The molecule has 1 aromatic rings. The summed E-state index contributed by atoms with van der Waals surface area (Å²) in [7, 11) is 0. The summed E-state index contributed by atoms with van der Waals surface area (Å²) in [5.74, 6) is 3.98. The Morgan fingerprint density at radius 3 is 2.59 bits per heavy atom. The Bertz CT molecular complexity index is 653. The first-order valence-corrected chi connectivity index (χ1v) is 11.7. The van der Waals surface area contributed by atoms with Crippen LogP contribution in [0.15, 0.2) is 30.3 Å². The molecule has 0 spiro atoms. The van der Waals surface area contributed by atoms with Crippen molar-refractivity contribution < 1.29 is 4.74 Å². The number of ether oxygens (including phenoxy) is 1. The minimum absolute atomic E-state index is 0.486. The van der Waals surface area contributed by atoms with Crippen LogP contribution in [0, 0.1) is 34.5 Å². The first-order chi connectivity index (χ1) is 13.1. The third-order valence-corrected chi connectivity index (χ3v) is 9.73. The van der Waals surface area contributed by atoms with Crippen molar-refractivity contribution in [2.24, 2.45) is 34.5 Å². The molecule has 27 heavy (non-hydrogen) atoms. The minimum Gasteiger partial charge on any atom is -0.374 e. The van der Waals surface area contributed by atoms with Gasteiger partial charge in [0.05, 0.1) is 12.7 Å². The lowest BCUT2D eigenvalue weighted by atomic mass is 9.45. The van der Waals surface area contributed by atoms with Crippen LogP contribution in [0.25, 0.3) is 0 Å². The van der Waals surface area contributed by atoms with Gasteiger partial charge < -0.3 is 4.74 Å². The zero-order valence-electron chi connectivity index (χ0n) is 17.5. The van der Waals surface area contributed by atoms with Gasteiger partial charge in [0, 0.05) is 0 Å². The normalized spacial score (nSPS) is 46.4. The molecule has 1 aromatic carbocycles. The second-order valence-corrected chi connectivity index (χ2v) is 10.9. The molecule has 1 nitrogen and oxygen atoms in total. The van der Waals surface area contributed by atoms with Gasteiger partial charge in [0.15, 0.2) is 0 Å². The van der Waals surface area contributed by atoms with Gasteiger partial charge in [0.2, 0.25) is 0 Å². The van der Waals surface area contributed by atoms with Crippen molar-refractivity contribution in [2.45, 2.75) is 90.8 Å². The van der Waals surface area contributed by atoms with Gasteiger partial charge in [-0.1, -0.05) is 50.6 Å². The van der Waals surface area contributed by atoms with Crippen LogP contribution in [0.1, 0.15) is 83.6 Å². The van der Waals surface area contributed by atoms with E-state index < -0.39 is 0 Å². The predicted octanol–water partition coefficient (Wildman–Crippen LogP) is 7.00. The molecule has 148 valence electrons. The highest BCUT2D eigenvalue weighted by atomic mass is 16.5. The second-order valence-electron chi connectivity index (χ2n) is 10.9. The van der Waals surface area contributed by atoms with Gasteiger partial charge in [-0.05, 0) is 97.9 Å². The van der Waals surface area contributed by atoms with E-state index in [9.17, 15) is 0 Å². The zero-order valence-corrected chi connectivity index (χ0v) is 17.5. The second kappa shape index (κ2) is 6.90. The van der Waals surface area contributed by atoms with Crippen LogP contribution in [-0.2, 0) is 11.3 Å². The molecule has 0 radical (unpaired) electrons. The average molecular weight is 367 g/mol. The summed E-state index contributed by atoms with van der Waals surface area (Å²) in [6.07, 6.45) is 15.0. The van der Waals surface area contributed by atoms with Gasteiger partial charge in [-0.2, -0.15) is 0 Å². The molecule has 4 fully saturated rings. The van der Waals surface area contributed by atoms with E-state index in [1.165, 1.54) is 69.8 Å². The van der Waals surface area contributed by atoms with Crippen LogP contribution in [0.2, 0.25) is 0 Å². The molecule has 5 rings (SSSR count). The summed E-state index contributed by atoms with van der Waals surface area (Å²) in [4.78, 5) is 0.